The van der Waals surface area contributed by atoms with Crippen LogP contribution in [0.25, 0.3) is 0 Å². The van der Waals surface area contributed by atoms with Crippen molar-refractivity contribution in [1.82, 2.24) is 0 Å². The molecule has 0 N–H and O–H groups in total. The van der Waals surface area contributed by atoms with Gasteiger partial charge in [-0.1, -0.05) is 95.2 Å². The van der Waals surface area contributed by atoms with Gasteiger partial charge in [-0.05, 0) is 53.2 Å². The Bertz CT molecular complexity index is 1930. The number of rotatable bonds is 7. The van der Waals surface area contributed by atoms with Gasteiger partial charge in [-0.25, -0.2) is 22.0 Å². The van der Waals surface area contributed by atoms with Crippen molar-refractivity contribution in [2.75, 3.05) is 5.75 Å². The molecule has 0 heterocycles. The second-order valence-electron chi connectivity index (χ2n) is 10.1. The van der Waals surface area contributed by atoms with Crippen molar-refractivity contribution >= 4 is 28.2 Å². The Labute approximate surface area is 266 Å². The van der Waals surface area contributed by atoms with E-state index in [1.807, 2.05) is 91.0 Å². The van der Waals surface area contributed by atoms with Gasteiger partial charge in [-0.2, -0.15) is 0 Å². The third-order valence-corrected chi connectivity index (χ3v) is 8.82. The fourth-order valence-electron chi connectivity index (χ4n) is 4.30. The van der Waals surface area contributed by atoms with Crippen molar-refractivity contribution in [3.8, 4) is 11.2 Å². The highest BCUT2D eigenvalue weighted by Gasteiger charge is 2.38. The molecule has 2 nitrogen and oxygen atoms in total. The summed E-state index contributed by atoms with van der Waals surface area (Å²) in [6, 6.07) is 36.2. The lowest BCUT2D eigenvalue weighted by molar-refractivity contribution is 0.102. The molecule has 47 heavy (non-hydrogen) atoms. The average Bonchev–Trinajstić information content (AvgIpc) is 3.07. The molecule has 5 aromatic rings. The molecule has 240 valence electrons. The Morgan fingerprint density at radius 1 is 0.596 bits per heavy atom. The molecule has 0 aliphatic heterocycles. The first-order valence-electron chi connectivity index (χ1n) is 13.8. The van der Waals surface area contributed by atoms with Gasteiger partial charge >= 0.3 is 6.98 Å². The van der Waals surface area contributed by atoms with Gasteiger partial charge in [-0.3, -0.25) is 4.79 Å². The SMILES string of the molecule is Fc1c(F)c(F)c([B-](F)(F)F)c(F)c1F.O=C(C[S+](=O)(C#Cc1ccccc1)c1ccccc1)c1ccc(Cc2ccccc2)cc1. The van der Waals surface area contributed by atoms with Gasteiger partial charge in [0.15, 0.2) is 33.4 Å². The third-order valence-electron chi connectivity index (χ3n) is 6.69. The van der Waals surface area contributed by atoms with Crippen molar-refractivity contribution in [3.63, 3.8) is 0 Å². The molecular weight excluding hydrogens is 647 g/mol. The summed E-state index contributed by atoms with van der Waals surface area (Å²) in [5.74, 6) is -10.9. The quantitative estimate of drug-likeness (QED) is 0.0331. The number of benzene rings is 5. The van der Waals surface area contributed by atoms with Crippen LogP contribution >= 0.6 is 0 Å². The first-order valence-corrected chi connectivity index (χ1v) is 15.5. The summed E-state index contributed by atoms with van der Waals surface area (Å²) in [5, 5.41) is 2.93. The highest BCUT2D eigenvalue weighted by atomic mass is 32.2. The lowest BCUT2D eigenvalue weighted by atomic mass is 9.79. The van der Waals surface area contributed by atoms with E-state index in [0.29, 0.717) is 10.5 Å². The zero-order valence-corrected chi connectivity index (χ0v) is 25.0. The summed E-state index contributed by atoms with van der Waals surface area (Å²) in [6.07, 6.45) is 0.804. The molecule has 5 aromatic carbocycles. The third kappa shape index (κ3) is 8.83. The lowest BCUT2D eigenvalue weighted by Gasteiger charge is -2.17. The van der Waals surface area contributed by atoms with E-state index in [0.717, 1.165) is 17.5 Å². The number of Topliss-reactive ketones (excluding diaryl/α,β-unsaturated/α-hetero) is 1. The number of ketones is 1. The van der Waals surface area contributed by atoms with Gasteiger partial charge in [0.05, 0.1) is 0 Å². The van der Waals surface area contributed by atoms with E-state index in [-0.39, 0.29) is 11.5 Å². The molecule has 0 aliphatic rings. The van der Waals surface area contributed by atoms with Crippen LogP contribution in [-0.2, 0) is 20.6 Å². The Kier molecular flexibility index (Phi) is 11.2. The number of carbonyl (C=O) groups excluding carboxylic acids is 1. The summed E-state index contributed by atoms with van der Waals surface area (Å²) in [4.78, 5) is 13.6. The Hall–Kier alpha value is -5.02. The molecule has 1 unspecified atom stereocenters. The molecule has 0 radical (unpaired) electrons. The van der Waals surface area contributed by atoms with E-state index < -0.39 is 51.5 Å². The zero-order valence-electron chi connectivity index (χ0n) is 24.2. The second-order valence-corrected chi connectivity index (χ2v) is 12.4. The van der Waals surface area contributed by atoms with Crippen LogP contribution in [-0.4, -0.2) is 18.5 Å². The van der Waals surface area contributed by atoms with Crippen LogP contribution in [0.5, 0.6) is 0 Å². The minimum Gasteiger partial charge on any atom is -0.445 e. The van der Waals surface area contributed by atoms with Crippen molar-refractivity contribution in [2.24, 2.45) is 0 Å². The van der Waals surface area contributed by atoms with E-state index in [1.54, 1.807) is 12.1 Å². The molecule has 1 atom stereocenters. The highest BCUT2D eigenvalue weighted by molar-refractivity contribution is 8.07. The molecule has 0 aliphatic carbocycles. The van der Waals surface area contributed by atoms with Gasteiger partial charge in [0.1, 0.15) is 11.6 Å². The number of halogens is 8. The maximum atomic E-state index is 13.9. The Morgan fingerprint density at radius 2 is 1.04 bits per heavy atom. The minimum absolute atomic E-state index is 0.144. The number of hydrogen-bond donors (Lipinski definition) is 0. The molecule has 0 saturated carbocycles. The largest absolute Gasteiger partial charge is 0.515 e. The predicted molar refractivity (Wildman–Crippen MR) is 166 cm³/mol. The van der Waals surface area contributed by atoms with E-state index in [2.05, 4.69) is 23.3 Å². The molecule has 0 spiro atoms. The van der Waals surface area contributed by atoms with Crippen LogP contribution in [0.4, 0.5) is 34.9 Å². The number of hydrogen-bond acceptors (Lipinski definition) is 2. The van der Waals surface area contributed by atoms with Crippen molar-refractivity contribution in [2.45, 2.75) is 11.3 Å². The van der Waals surface area contributed by atoms with Crippen LogP contribution < -0.4 is 5.46 Å². The van der Waals surface area contributed by atoms with Crippen molar-refractivity contribution in [3.05, 3.63) is 167 Å². The maximum Gasteiger partial charge on any atom is 0.515 e. The molecule has 5 rings (SSSR count). The molecule has 0 aromatic heterocycles. The normalized spacial score (nSPS) is 12.2. The second kappa shape index (κ2) is 15.0. The predicted octanol–water partition coefficient (Wildman–Crippen LogP) is 8.46. The Morgan fingerprint density at radius 3 is 1.55 bits per heavy atom. The average molecular weight is 670 g/mol. The van der Waals surface area contributed by atoms with Crippen molar-refractivity contribution < 1.29 is 43.9 Å². The first-order chi connectivity index (χ1) is 22.3. The molecule has 0 fully saturated rings. The number of carbonyl (C=O) groups is 1. The lowest BCUT2D eigenvalue weighted by Crippen LogP contribution is -2.41. The van der Waals surface area contributed by atoms with E-state index >= 15 is 0 Å². The van der Waals surface area contributed by atoms with Gasteiger partial charge in [-0.15, -0.1) is 0 Å². The fourth-order valence-corrected chi connectivity index (χ4v) is 6.07. The standard InChI is InChI=1S/C29H23O2S.C6BF8/c30-29(27-18-16-26(17-19-27)22-25-12-6-2-7-13-25)23-32(31,28-14-8-3-9-15-28)21-20-24-10-4-1-5-11-24;8-2-1(7(13,14)15)3(9)5(11)6(12)4(2)10/h1-19H,22-23H2;/q+1;-1. The summed E-state index contributed by atoms with van der Waals surface area (Å²) in [6.45, 7) is -6.30. The smallest absolute Gasteiger partial charge is 0.445 e. The summed E-state index contributed by atoms with van der Waals surface area (Å²) in [5.41, 5.74) is 0.933. The maximum absolute atomic E-state index is 13.9. The van der Waals surface area contributed by atoms with Gasteiger partial charge in [0, 0.05) is 11.1 Å². The zero-order chi connectivity index (χ0) is 34.2. The summed E-state index contributed by atoms with van der Waals surface area (Å²) >= 11 is 0. The summed E-state index contributed by atoms with van der Waals surface area (Å²) < 4.78 is 111. The topological polar surface area (TPSA) is 34.1 Å². The Balaban J connectivity index is 0.000000280. The molecule has 12 heteroatoms. The fraction of sp³-hybridized carbons (Fsp3) is 0.0571. The van der Waals surface area contributed by atoms with Crippen LogP contribution in [0, 0.1) is 40.3 Å². The monoisotopic (exact) mass is 670 g/mol. The first kappa shape index (κ1) is 34.9. The molecule has 0 amide bonds. The molecule has 0 bridgehead atoms. The van der Waals surface area contributed by atoms with Crippen LogP contribution in [0.1, 0.15) is 27.0 Å². The summed E-state index contributed by atoms with van der Waals surface area (Å²) in [7, 11) is -2.88. The van der Waals surface area contributed by atoms with Gasteiger partial charge < -0.3 is 12.9 Å². The van der Waals surface area contributed by atoms with Gasteiger partial charge in [0.25, 0.3) is 0 Å². The highest BCUT2D eigenvalue weighted by Crippen LogP contribution is 2.23. The van der Waals surface area contributed by atoms with Crippen LogP contribution in [0.15, 0.2) is 120 Å². The van der Waals surface area contributed by atoms with Gasteiger partial charge in [0.2, 0.25) is 15.7 Å². The van der Waals surface area contributed by atoms with E-state index in [9.17, 15) is 43.9 Å². The molecular formula is C35H23BF8O2S. The molecule has 0 saturated heterocycles. The van der Waals surface area contributed by atoms with E-state index in [1.165, 1.54) is 5.56 Å². The van der Waals surface area contributed by atoms with Crippen LogP contribution in [0.2, 0.25) is 0 Å². The minimum atomic E-state index is -6.30. The van der Waals surface area contributed by atoms with Crippen LogP contribution in [0.3, 0.4) is 0 Å². The van der Waals surface area contributed by atoms with E-state index in [4.69, 9.17) is 0 Å². The van der Waals surface area contributed by atoms with Crippen molar-refractivity contribution in [1.29, 1.82) is 0 Å².